The first kappa shape index (κ1) is 28.5. The molecule has 41 heavy (non-hydrogen) atoms. The van der Waals surface area contributed by atoms with E-state index in [9.17, 15) is 18.0 Å². The molecule has 2 amide bonds. The Morgan fingerprint density at radius 3 is 2.39 bits per heavy atom. The number of methoxy groups -OCH3 is 1. The van der Waals surface area contributed by atoms with Gasteiger partial charge >= 0.3 is 6.09 Å². The minimum Gasteiger partial charge on any atom is -0.496 e. The van der Waals surface area contributed by atoms with Gasteiger partial charge < -0.3 is 29.7 Å². The number of hydrogen-bond acceptors (Lipinski definition) is 7. The summed E-state index contributed by atoms with van der Waals surface area (Å²) in [4.78, 5) is 31.3. The van der Waals surface area contributed by atoms with Gasteiger partial charge in [0.1, 0.15) is 24.2 Å². The van der Waals surface area contributed by atoms with Crippen LogP contribution in [0.1, 0.15) is 41.6 Å². The lowest BCUT2D eigenvalue weighted by Crippen LogP contribution is -2.50. The van der Waals surface area contributed by atoms with E-state index in [4.69, 9.17) is 19.9 Å². The molecule has 13 heteroatoms. The fourth-order valence-electron chi connectivity index (χ4n) is 5.56. The lowest BCUT2D eigenvalue weighted by molar-refractivity contribution is 0.0705. The Bertz CT molecular complexity index is 1430. The van der Waals surface area contributed by atoms with Crippen molar-refractivity contribution in [2.75, 3.05) is 44.4 Å². The number of nitrogens with two attached hydrogens (primary N) is 1. The lowest BCUT2D eigenvalue weighted by atomic mass is 10.00. The molecule has 220 valence electrons. The van der Waals surface area contributed by atoms with Gasteiger partial charge in [-0.05, 0) is 31.0 Å². The number of guanidine groups is 1. The minimum atomic E-state index is -3.56. The molecule has 2 N–H and O–H groups in total. The van der Waals surface area contributed by atoms with Crippen LogP contribution in [-0.4, -0.2) is 87.9 Å². The standard InChI is InChI=1S/C28H35N5O7S/c1-38-25-17-22(40-21-11-15-32(16-12-21)27(29)30-41(2,36)37)7-8-23(25)26(34)31-13-9-20(10-14-31)33-24-6-4-3-5-19(24)18-39-28(33)35/h3-8,17,20-21H,9-16,18H2,1-2H3,(H2,29,30). The van der Waals surface area contributed by atoms with E-state index in [1.165, 1.54) is 7.11 Å². The number of carbonyl (C=O) groups excluding carboxylic acids is 2. The number of nitrogens with zero attached hydrogens (tertiary/aromatic N) is 4. The third-order valence-electron chi connectivity index (χ3n) is 7.65. The number of piperidine rings is 2. The molecule has 0 radical (unpaired) electrons. The van der Waals surface area contributed by atoms with Crippen LogP contribution in [0.2, 0.25) is 0 Å². The molecule has 2 aromatic carbocycles. The van der Waals surface area contributed by atoms with Crippen LogP contribution < -0.4 is 20.1 Å². The average molecular weight is 586 g/mol. The van der Waals surface area contributed by atoms with Crippen LogP contribution in [0, 0.1) is 0 Å². The highest BCUT2D eigenvalue weighted by Crippen LogP contribution is 2.33. The molecule has 2 saturated heterocycles. The number of hydrogen-bond donors (Lipinski definition) is 1. The third-order valence-corrected chi connectivity index (χ3v) is 8.17. The molecule has 3 aliphatic heterocycles. The molecule has 12 nitrogen and oxygen atoms in total. The second-order valence-electron chi connectivity index (χ2n) is 10.4. The molecule has 0 aromatic heterocycles. The summed E-state index contributed by atoms with van der Waals surface area (Å²) in [5.41, 5.74) is 8.13. The SMILES string of the molecule is COc1cc(OC2CCN(/C(N)=N/S(C)(=O)=O)CC2)ccc1C(=O)N1CCC(N2C(=O)OCc3ccccc32)CC1. The van der Waals surface area contributed by atoms with Crippen LogP contribution in [0.25, 0.3) is 0 Å². The van der Waals surface area contributed by atoms with Gasteiger partial charge in [0.2, 0.25) is 5.96 Å². The van der Waals surface area contributed by atoms with Gasteiger partial charge in [-0.3, -0.25) is 9.69 Å². The van der Waals surface area contributed by atoms with Crippen LogP contribution in [0.3, 0.4) is 0 Å². The van der Waals surface area contributed by atoms with E-state index in [0.29, 0.717) is 68.9 Å². The maximum Gasteiger partial charge on any atom is 0.414 e. The number of benzene rings is 2. The largest absolute Gasteiger partial charge is 0.496 e. The molecule has 0 saturated carbocycles. The van der Waals surface area contributed by atoms with E-state index in [1.807, 2.05) is 24.3 Å². The van der Waals surface area contributed by atoms with Gasteiger partial charge in [-0.25, -0.2) is 13.2 Å². The average Bonchev–Trinajstić information content (AvgIpc) is 2.96. The van der Waals surface area contributed by atoms with Crippen molar-refractivity contribution >= 4 is 33.7 Å². The summed E-state index contributed by atoms with van der Waals surface area (Å²) < 4.78 is 43.4. The number of para-hydroxylation sites is 1. The maximum atomic E-state index is 13.5. The van der Waals surface area contributed by atoms with Gasteiger partial charge in [-0.15, -0.1) is 4.40 Å². The normalized spacial score (nSPS) is 19.0. The van der Waals surface area contributed by atoms with Crippen LogP contribution in [-0.2, 0) is 21.4 Å². The smallest absolute Gasteiger partial charge is 0.414 e. The molecule has 0 spiro atoms. The number of ether oxygens (including phenoxy) is 3. The fraction of sp³-hybridized carbons (Fsp3) is 0.464. The summed E-state index contributed by atoms with van der Waals surface area (Å²) >= 11 is 0. The fourth-order valence-corrected chi connectivity index (χ4v) is 6.02. The van der Waals surface area contributed by atoms with Crippen molar-refractivity contribution < 1.29 is 32.2 Å². The van der Waals surface area contributed by atoms with Crippen molar-refractivity contribution in [1.29, 1.82) is 0 Å². The van der Waals surface area contributed by atoms with E-state index < -0.39 is 10.0 Å². The van der Waals surface area contributed by atoms with Gasteiger partial charge in [-0.2, -0.15) is 0 Å². The van der Waals surface area contributed by atoms with Crippen molar-refractivity contribution in [3.63, 3.8) is 0 Å². The quantitative estimate of drug-likeness (QED) is 0.399. The van der Waals surface area contributed by atoms with Crippen LogP contribution in [0.4, 0.5) is 10.5 Å². The first-order chi connectivity index (χ1) is 19.6. The van der Waals surface area contributed by atoms with E-state index in [-0.39, 0.29) is 36.7 Å². The molecule has 3 heterocycles. The minimum absolute atomic E-state index is 0.0137. The zero-order chi connectivity index (χ0) is 29.1. The highest BCUT2D eigenvalue weighted by molar-refractivity contribution is 7.89. The Hall–Kier alpha value is -4.00. The summed E-state index contributed by atoms with van der Waals surface area (Å²) in [5, 5.41) is 0. The molecule has 0 unspecified atom stereocenters. The van der Waals surface area contributed by atoms with E-state index in [2.05, 4.69) is 4.40 Å². The number of cyclic esters (lactones) is 1. The summed E-state index contributed by atoms with van der Waals surface area (Å²) in [6, 6.07) is 12.9. The summed E-state index contributed by atoms with van der Waals surface area (Å²) in [7, 11) is -2.04. The number of carbonyl (C=O) groups is 2. The highest BCUT2D eigenvalue weighted by Gasteiger charge is 2.35. The zero-order valence-electron chi connectivity index (χ0n) is 23.2. The van der Waals surface area contributed by atoms with Crippen molar-refractivity contribution in [2.45, 2.75) is 44.4 Å². The summed E-state index contributed by atoms with van der Waals surface area (Å²) in [5.74, 6) is 0.850. The topological polar surface area (TPSA) is 144 Å². The van der Waals surface area contributed by atoms with E-state index in [1.54, 1.807) is 32.9 Å². The second kappa shape index (κ2) is 11.9. The Kier molecular flexibility index (Phi) is 8.25. The van der Waals surface area contributed by atoms with Crippen LogP contribution >= 0.6 is 0 Å². The van der Waals surface area contributed by atoms with Crippen molar-refractivity contribution in [3.8, 4) is 11.5 Å². The third kappa shape index (κ3) is 6.50. The first-order valence-electron chi connectivity index (χ1n) is 13.6. The molecule has 5 rings (SSSR count). The predicted molar refractivity (Wildman–Crippen MR) is 153 cm³/mol. The van der Waals surface area contributed by atoms with Gasteiger partial charge in [-0.1, -0.05) is 18.2 Å². The second-order valence-corrected chi connectivity index (χ2v) is 12.1. The lowest BCUT2D eigenvalue weighted by Gasteiger charge is -2.40. The van der Waals surface area contributed by atoms with Gasteiger partial charge in [0.25, 0.3) is 15.9 Å². The number of sulfonamides is 1. The molecule has 2 aromatic rings. The van der Waals surface area contributed by atoms with Crippen molar-refractivity contribution in [3.05, 3.63) is 53.6 Å². The molecule has 0 aliphatic carbocycles. The molecule has 0 atom stereocenters. The number of likely N-dealkylation sites (tertiary alicyclic amines) is 2. The predicted octanol–water partition coefficient (Wildman–Crippen LogP) is 2.57. The van der Waals surface area contributed by atoms with Gasteiger partial charge in [0.05, 0.1) is 24.6 Å². The molecule has 2 fully saturated rings. The van der Waals surface area contributed by atoms with Crippen LogP contribution in [0.15, 0.2) is 46.9 Å². The van der Waals surface area contributed by atoms with Crippen LogP contribution in [0.5, 0.6) is 11.5 Å². The summed E-state index contributed by atoms with van der Waals surface area (Å²) in [6.07, 6.45) is 3.09. The maximum absolute atomic E-state index is 13.5. The molecule has 0 bridgehead atoms. The Labute approximate surface area is 239 Å². The Morgan fingerprint density at radius 2 is 1.71 bits per heavy atom. The summed E-state index contributed by atoms with van der Waals surface area (Å²) in [6.45, 7) is 2.30. The molecular weight excluding hydrogens is 550 g/mol. The number of rotatable bonds is 6. The zero-order valence-corrected chi connectivity index (χ0v) is 24.0. The molecular formula is C28H35N5O7S. The monoisotopic (exact) mass is 585 g/mol. The number of fused-ring (bicyclic) bond motifs is 1. The first-order valence-corrected chi connectivity index (χ1v) is 15.5. The van der Waals surface area contributed by atoms with Gasteiger partial charge in [0.15, 0.2) is 0 Å². The number of amides is 2. The van der Waals surface area contributed by atoms with Crippen molar-refractivity contribution in [1.82, 2.24) is 9.80 Å². The highest BCUT2D eigenvalue weighted by atomic mass is 32.2. The molecule has 3 aliphatic rings. The van der Waals surface area contributed by atoms with E-state index in [0.717, 1.165) is 17.5 Å². The number of anilines is 1. The van der Waals surface area contributed by atoms with E-state index >= 15 is 0 Å². The Balaban J connectivity index is 1.18. The Morgan fingerprint density at radius 1 is 1.02 bits per heavy atom. The van der Waals surface area contributed by atoms with Gasteiger partial charge in [0, 0.05) is 56.7 Å². The van der Waals surface area contributed by atoms with Crippen molar-refractivity contribution in [2.24, 2.45) is 10.1 Å².